The van der Waals surface area contributed by atoms with Crippen LogP contribution in [0.3, 0.4) is 0 Å². The van der Waals surface area contributed by atoms with Crippen molar-refractivity contribution in [3.63, 3.8) is 0 Å². The minimum atomic E-state index is -0.649. The maximum atomic E-state index is 11.5. The van der Waals surface area contributed by atoms with E-state index in [1.165, 1.54) is 13.2 Å². The number of nitrogens with zero attached hydrogens (tertiary/aromatic N) is 1. The number of aliphatic hydroxyl groups is 1. The SMILES string of the molecule is COC(=O)c1cc(Br)c(N[C@H](C)CCO)c([N+](=O)[O-])c1. The van der Waals surface area contributed by atoms with Crippen LogP contribution in [0.5, 0.6) is 0 Å². The molecule has 0 unspecified atom stereocenters. The number of rotatable bonds is 6. The predicted molar refractivity (Wildman–Crippen MR) is 76.9 cm³/mol. The van der Waals surface area contributed by atoms with Crippen molar-refractivity contribution in [3.05, 3.63) is 32.3 Å². The van der Waals surface area contributed by atoms with Crippen LogP contribution in [0.1, 0.15) is 23.7 Å². The summed E-state index contributed by atoms with van der Waals surface area (Å²) in [5.74, 6) is -0.649. The number of halogens is 1. The normalized spacial score (nSPS) is 11.8. The number of methoxy groups -OCH3 is 1. The van der Waals surface area contributed by atoms with Gasteiger partial charge in [0.25, 0.3) is 5.69 Å². The highest BCUT2D eigenvalue weighted by atomic mass is 79.9. The third-order valence-electron chi connectivity index (χ3n) is 2.64. The molecule has 0 fully saturated rings. The molecule has 110 valence electrons. The Morgan fingerprint density at radius 2 is 2.25 bits per heavy atom. The lowest BCUT2D eigenvalue weighted by atomic mass is 10.1. The lowest BCUT2D eigenvalue weighted by Crippen LogP contribution is -2.18. The summed E-state index contributed by atoms with van der Waals surface area (Å²) < 4.78 is 4.94. The number of esters is 1. The van der Waals surface area contributed by atoms with E-state index < -0.39 is 10.9 Å². The molecule has 0 spiro atoms. The maximum absolute atomic E-state index is 11.5. The van der Waals surface area contributed by atoms with Gasteiger partial charge in [-0.15, -0.1) is 0 Å². The number of nitro groups is 1. The molecule has 1 aromatic carbocycles. The largest absolute Gasteiger partial charge is 0.465 e. The molecule has 20 heavy (non-hydrogen) atoms. The number of nitrogens with one attached hydrogen (secondary N) is 1. The van der Waals surface area contributed by atoms with Crippen molar-refractivity contribution < 1.29 is 19.6 Å². The quantitative estimate of drug-likeness (QED) is 0.465. The summed E-state index contributed by atoms with van der Waals surface area (Å²) in [4.78, 5) is 22.0. The van der Waals surface area contributed by atoms with Gasteiger partial charge in [0, 0.05) is 23.2 Å². The highest BCUT2D eigenvalue weighted by molar-refractivity contribution is 9.10. The first-order valence-electron chi connectivity index (χ1n) is 5.84. The molecule has 0 heterocycles. The summed E-state index contributed by atoms with van der Waals surface area (Å²) in [5, 5.41) is 22.9. The molecule has 1 atom stereocenters. The van der Waals surface area contributed by atoms with Crippen molar-refractivity contribution in [1.82, 2.24) is 0 Å². The average Bonchev–Trinajstić information content (AvgIpc) is 2.39. The Kier molecular flexibility index (Phi) is 5.90. The first-order chi connectivity index (χ1) is 9.40. The van der Waals surface area contributed by atoms with Gasteiger partial charge in [-0.3, -0.25) is 10.1 Å². The van der Waals surface area contributed by atoms with Crippen molar-refractivity contribution in [2.75, 3.05) is 19.0 Å². The highest BCUT2D eigenvalue weighted by Gasteiger charge is 2.22. The maximum Gasteiger partial charge on any atom is 0.338 e. The second-order valence-electron chi connectivity index (χ2n) is 4.16. The minimum absolute atomic E-state index is 0.0279. The van der Waals surface area contributed by atoms with E-state index in [1.807, 2.05) is 0 Å². The molecule has 2 N–H and O–H groups in total. The number of anilines is 1. The van der Waals surface area contributed by atoms with Crippen molar-refractivity contribution in [2.24, 2.45) is 0 Å². The molecule has 0 saturated heterocycles. The van der Waals surface area contributed by atoms with Gasteiger partial charge in [0.05, 0.1) is 17.6 Å². The number of carbonyl (C=O) groups excluding carboxylic acids is 1. The second kappa shape index (κ2) is 7.20. The van der Waals surface area contributed by atoms with Gasteiger partial charge in [-0.05, 0) is 35.3 Å². The van der Waals surface area contributed by atoms with Gasteiger partial charge in [0.2, 0.25) is 0 Å². The van der Waals surface area contributed by atoms with Gasteiger partial charge in [-0.25, -0.2) is 4.79 Å². The Hall–Kier alpha value is -1.67. The molecule has 1 rings (SSSR count). The van der Waals surface area contributed by atoms with E-state index in [1.54, 1.807) is 6.92 Å². The fourth-order valence-corrected chi connectivity index (χ4v) is 2.19. The van der Waals surface area contributed by atoms with Crippen LogP contribution < -0.4 is 5.32 Å². The molecule has 0 aliphatic heterocycles. The minimum Gasteiger partial charge on any atom is -0.465 e. The molecule has 0 saturated carbocycles. The smallest absolute Gasteiger partial charge is 0.338 e. The van der Waals surface area contributed by atoms with E-state index in [9.17, 15) is 14.9 Å². The first-order valence-corrected chi connectivity index (χ1v) is 6.63. The zero-order chi connectivity index (χ0) is 15.3. The lowest BCUT2D eigenvalue weighted by Gasteiger charge is -2.16. The molecule has 8 heteroatoms. The van der Waals surface area contributed by atoms with Crippen molar-refractivity contribution in [1.29, 1.82) is 0 Å². The number of benzene rings is 1. The van der Waals surface area contributed by atoms with Crippen LogP contribution in [0, 0.1) is 10.1 Å². The summed E-state index contributed by atoms with van der Waals surface area (Å²) in [5.41, 5.74) is 0.125. The summed E-state index contributed by atoms with van der Waals surface area (Å²) in [6.45, 7) is 1.76. The Morgan fingerprint density at radius 3 is 2.75 bits per heavy atom. The van der Waals surface area contributed by atoms with Crippen LogP contribution in [0.4, 0.5) is 11.4 Å². The lowest BCUT2D eigenvalue weighted by molar-refractivity contribution is -0.384. The molecule has 0 aromatic heterocycles. The monoisotopic (exact) mass is 346 g/mol. The Labute approximate surface area is 124 Å². The Morgan fingerprint density at radius 1 is 1.60 bits per heavy atom. The Bertz CT molecular complexity index is 521. The molecule has 0 radical (unpaired) electrons. The van der Waals surface area contributed by atoms with Gasteiger partial charge in [0.1, 0.15) is 5.69 Å². The number of hydrogen-bond acceptors (Lipinski definition) is 6. The molecule has 0 aliphatic rings. The summed E-state index contributed by atoms with van der Waals surface area (Å²) in [6, 6.07) is 2.45. The Balaban J connectivity index is 3.23. The van der Waals surface area contributed by atoms with Crippen LogP contribution in [0.15, 0.2) is 16.6 Å². The van der Waals surface area contributed by atoms with Gasteiger partial charge in [0.15, 0.2) is 0 Å². The first kappa shape index (κ1) is 16.4. The van der Waals surface area contributed by atoms with Crippen molar-refractivity contribution in [3.8, 4) is 0 Å². The van der Waals surface area contributed by atoms with E-state index in [-0.39, 0.29) is 29.6 Å². The van der Waals surface area contributed by atoms with Crippen LogP contribution in [0.25, 0.3) is 0 Å². The van der Waals surface area contributed by atoms with Gasteiger partial charge in [-0.1, -0.05) is 0 Å². The zero-order valence-corrected chi connectivity index (χ0v) is 12.6. The fraction of sp³-hybridized carbons (Fsp3) is 0.417. The number of aliphatic hydroxyl groups excluding tert-OH is 1. The number of hydrogen-bond donors (Lipinski definition) is 2. The van der Waals surface area contributed by atoms with Crippen LogP contribution in [-0.4, -0.2) is 35.8 Å². The van der Waals surface area contributed by atoms with Crippen LogP contribution in [0.2, 0.25) is 0 Å². The molecule has 0 aliphatic carbocycles. The van der Waals surface area contributed by atoms with E-state index in [4.69, 9.17) is 5.11 Å². The van der Waals surface area contributed by atoms with E-state index in [0.717, 1.165) is 6.07 Å². The molecule has 0 amide bonds. The topological polar surface area (TPSA) is 102 Å². The van der Waals surface area contributed by atoms with Crippen molar-refractivity contribution in [2.45, 2.75) is 19.4 Å². The molecular formula is C12H15BrN2O5. The predicted octanol–water partition coefficient (Wildman–Crippen LogP) is 2.33. The highest BCUT2D eigenvalue weighted by Crippen LogP contribution is 2.35. The third-order valence-corrected chi connectivity index (χ3v) is 3.27. The van der Waals surface area contributed by atoms with Gasteiger partial charge >= 0.3 is 5.97 Å². The molecular weight excluding hydrogens is 332 g/mol. The summed E-state index contributed by atoms with van der Waals surface area (Å²) in [7, 11) is 1.21. The van der Waals surface area contributed by atoms with Crippen LogP contribution in [-0.2, 0) is 4.74 Å². The average molecular weight is 347 g/mol. The van der Waals surface area contributed by atoms with E-state index >= 15 is 0 Å². The zero-order valence-electron chi connectivity index (χ0n) is 11.1. The number of nitro benzene ring substituents is 1. The standard InChI is InChI=1S/C12H15BrN2O5/c1-7(3-4-16)14-11-9(13)5-8(12(17)20-2)6-10(11)15(18)19/h5-7,14,16H,3-4H2,1-2H3/t7-/m1/s1. The number of ether oxygens (including phenoxy) is 1. The van der Waals surface area contributed by atoms with Gasteiger partial charge in [-0.2, -0.15) is 0 Å². The fourth-order valence-electron chi connectivity index (χ4n) is 1.63. The summed E-state index contributed by atoms with van der Waals surface area (Å²) in [6.07, 6.45) is 0.447. The van der Waals surface area contributed by atoms with Gasteiger partial charge < -0.3 is 15.2 Å². The van der Waals surface area contributed by atoms with Crippen LogP contribution >= 0.6 is 15.9 Å². The third kappa shape index (κ3) is 3.91. The molecule has 0 bridgehead atoms. The second-order valence-corrected chi connectivity index (χ2v) is 5.01. The van der Waals surface area contributed by atoms with Crippen molar-refractivity contribution >= 4 is 33.3 Å². The van der Waals surface area contributed by atoms with E-state index in [0.29, 0.717) is 10.9 Å². The molecule has 1 aromatic rings. The number of carbonyl (C=O) groups is 1. The molecule has 7 nitrogen and oxygen atoms in total. The van der Waals surface area contributed by atoms with E-state index in [2.05, 4.69) is 26.0 Å². The summed E-state index contributed by atoms with van der Waals surface area (Å²) >= 11 is 3.21.